The molecule has 0 spiro atoms. The number of rotatable bonds is 0. The SMILES string of the molecule is O=C1Cc2ccccc2N=C1Cl. The summed E-state index contributed by atoms with van der Waals surface area (Å²) >= 11 is 5.60. The Morgan fingerprint density at radius 1 is 1.33 bits per heavy atom. The van der Waals surface area contributed by atoms with Gasteiger partial charge in [-0.25, -0.2) is 4.99 Å². The van der Waals surface area contributed by atoms with Crippen molar-refractivity contribution in [1.29, 1.82) is 0 Å². The van der Waals surface area contributed by atoms with Gasteiger partial charge in [-0.2, -0.15) is 0 Å². The second kappa shape index (κ2) is 2.72. The van der Waals surface area contributed by atoms with Crippen LogP contribution in [0.15, 0.2) is 29.3 Å². The highest BCUT2D eigenvalue weighted by Crippen LogP contribution is 2.24. The lowest BCUT2D eigenvalue weighted by molar-refractivity contribution is -0.112. The van der Waals surface area contributed by atoms with Gasteiger partial charge in [-0.05, 0) is 11.6 Å². The van der Waals surface area contributed by atoms with Crippen LogP contribution in [0.2, 0.25) is 0 Å². The molecule has 0 amide bonds. The first-order valence-corrected chi connectivity index (χ1v) is 4.00. The molecule has 3 heteroatoms. The second-order valence-electron chi connectivity index (χ2n) is 2.63. The van der Waals surface area contributed by atoms with Crippen LogP contribution in [0.3, 0.4) is 0 Å². The van der Waals surface area contributed by atoms with Crippen molar-refractivity contribution in [1.82, 2.24) is 0 Å². The lowest BCUT2D eigenvalue weighted by Crippen LogP contribution is -2.14. The van der Waals surface area contributed by atoms with Crippen LogP contribution in [0.25, 0.3) is 0 Å². The molecule has 0 atom stereocenters. The Hall–Kier alpha value is -1.15. The first-order valence-electron chi connectivity index (χ1n) is 3.62. The van der Waals surface area contributed by atoms with E-state index in [0.717, 1.165) is 11.3 Å². The van der Waals surface area contributed by atoms with Gasteiger partial charge in [0.1, 0.15) is 0 Å². The van der Waals surface area contributed by atoms with Crippen molar-refractivity contribution in [2.75, 3.05) is 0 Å². The Labute approximate surface area is 74.9 Å². The third-order valence-corrected chi connectivity index (χ3v) is 2.09. The van der Waals surface area contributed by atoms with Gasteiger partial charge in [0, 0.05) is 6.42 Å². The van der Waals surface area contributed by atoms with Crippen LogP contribution in [0.5, 0.6) is 0 Å². The molecule has 0 bridgehead atoms. The zero-order chi connectivity index (χ0) is 8.55. The molecule has 1 heterocycles. The molecule has 0 radical (unpaired) electrons. The number of nitrogens with zero attached hydrogens (tertiary/aromatic N) is 1. The van der Waals surface area contributed by atoms with Crippen molar-refractivity contribution in [2.45, 2.75) is 6.42 Å². The first-order chi connectivity index (χ1) is 5.77. The molecular formula is C9H6ClNO. The van der Waals surface area contributed by atoms with Crippen molar-refractivity contribution in [3.63, 3.8) is 0 Å². The molecule has 2 rings (SSSR count). The van der Waals surface area contributed by atoms with Gasteiger partial charge in [0.2, 0.25) is 0 Å². The number of Topliss-reactive ketones (excluding diaryl/α,β-unsaturated/α-hetero) is 1. The molecule has 0 unspecified atom stereocenters. The second-order valence-corrected chi connectivity index (χ2v) is 2.99. The van der Waals surface area contributed by atoms with E-state index >= 15 is 0 Å². The molecule has 0 fully saturated rings. The quantitative estimate of drug-likeness (QED) is 0.600. The third-order valence-electron chi connectivity index (χ3n) is 1.79. The van der Waals surface area contributed by atoms with Gasteiger partial charge in [0.25, 0.3) is 0 Å². The zero-order valence-corrected chi connectivity index (χ0v) is 7.01. The fraction of sp³-hybridized carbons (Fsp3) is 0.111. The molecule has 12 heavy (non-hydrogen) atoms. The molecule has 0 saturated heterocycles. The number of carbonyl (C=O) groups is 1. The normalized spacial score (nSPS) is 15.4. The smallest absolute Gasteiger partial charge is 0.197 e. The van der Waals surface area contributed by atoms with Gasteiger partial charge in [0.15, 0.2) is 11.0 Å². The average Bonchev–Trinajstić information content (AvgIpc) is 2.07. The Morgan fingerprint density at radius 2 is 2.08 bits per heavy atom. The van der Waals surface area contributed by atoms with Crippen LogP contribution in [-0.2, 0) is 11.2 Å². The van der Waals surface area contributed by atoms with E-state index in [9.17, 15) is 4.79 Å². The Balaban J connectivity index is 2.56. The number of aliphatic imine (C=N–C) groups is 1. The summed E-state index contributed by atoms with van der Waals surface area (Å²) in [5.41, 5.74) is 1.76. The molecule has 2 nitrogen and oxygen atoms in total. The largest absolute Gasteiger partial charge is 0.291 e. The molecule has 0 saturated carbocycles. The van der Waals surface area contributed by atoms with Gasteiger partial charge in [-0.1, -0.05) is 29.8 Å². The van der Waals surface area contributed by atoms with E-state index in [1.165, 1.54) is 0 Å². The zero-order valence-electron chi connectivity index (χ0n) is 6.25. The lowest BCUT2D eigenvalue weighted by Gasteiger charge is -2.09. The summed E-state index contributed by atoms with van der Waals surface area (Å²) < 4.78 is 0. The fourth-order valence-corrected chi connectivity index (χ4v) is 1.34. The highest BCUT2D eigenvalue weighted by atomic mass is 35.5. The number of benzene rings is 1. The minimum atomic E-state index is -0.102. The molecule has 1 aromatic rings. The number of hydrogen-bond acceptors (Lipinski definition) is 2. The molecule has 1 aromatic carbocycles. The van der Waals surface area contributed by atoms with E-state index in [4.69, 9.17) is 11.6 Å². The fourth-order valence-electron chi connectivity index (χ4n) is 1.18. The van der Waals surface area contributed by atoms with Crippen LogP contribution in [0, 0.1) is 0 Å². The van der Waals surface area contributed by atoms with Crippen LogP contribution in [0.1, 0.15) is 5.56 Å². The number of carbonyl (C=O) groups excluding carboxylic acids is 1. The third kappa shape index (κ3) is 1.14. The molecule has 0 N–H and O–H groups in total. The van der Waals surface area contributed by atoms with E-state index in [-0.39, 0.29) is 11.0 Å². The maximum absolute atomic E-state index is 11.1. The Kier molecular flexibility index (Phi) is 1.70. The number of para-hydroxylation sites is 1. The van der Waals surface area contributed by atoms with Crippen molar-refractivity contribution < 1.29 is 4.79 Å². The summed E-state index contributed by atoms with van der Waals surface area (Å²) in [7, 11) is 0. The van der Waals surface area contributed by atoms with Gasteiger partial charge < -0.3 is 0 Å². The maximum Gasteiger partial charge on any atom is 0.197 e. The highest BCUT2D eigenvalue weighted by molar-refractivity contribution is 6.83. The molecule has 1 aliphatic rings. The predicted molar refractivity (Wildman–Crippen MR) is 48.1 cm³/mol. The summed E-state index contributed by atoms with van der Waals surface area (Å²) in [5.74, 6) is -0.102. The van der Waals surface area contributed by atoms with E-state index in [0.29, 0.717) is 6.42 Å². The lowest BCUT2D eigenvalue weighted by atomic mass is 10.1. The number of ketones is 1. The van der Waals surface area contributed by atoms with Crippen molar-refractivity contribution in [2.24, 2.45) is 4.99 Å². The monoisotopic (exact) mass is 179 g/mol. The molecule has 1 aliphatic heterocycles. The molecule has 60 valence electrons. The van der Waals surface area contributed by atoms with Crippen LogP contribution >= 0.6 is 11.6 Å². The number of hydrogen-bond donors (Lipinski definition) is 0. The topological polar surface area (TPSA) is 29.4 Å². The number of fused-ring (bicyclic) bond motifs is 1. The van der Waals surface area contributed by atoms with Gasteiger partial charge in [-0.3, -0.25) is 4.79 Å². The van der Waals surface area contributed by atoms with Crippen molar-refractivity contribution in [3.8, 4) is 0 Å². The average molecular weight is 180 g/mol. The van der Waals surface area contributed by atoms with Crippen LogP contribution in [-0.4, -0.2) is 11.0 Å². The minimum Gasteiger partial charge on any atom is -0.291 e. The summed E-state index contributed by atoms with van der Waals surface area (Å²) in [4.78, 5) is 15.1. The molecule has 0 aliphatic carbocycles. The van der Waals surface area contributed by atoms with E-state index in [2.05, 4.69) is 4.99 Å². The number of halogens is 1. The predicted octanol–water partition coefficient (Wildman–Crippen LogP) is 2.08. The summed E-state index contributed by atoms with van der Waals surface area (Å²) in [6.45, 7) is 0. The van der Waals surface area contributed by atoms with Crippen LogP contribution in [0.4, 0.5) is 5.69 Å². The van der Waals surface area contributed by atoms with Crippen LogP contribution < -0.4 is 0 Å². The van der Waals surface area contributed by atoms with Crippen molar-refractivity contribution in [3.05, 3.63) is 29.8 Å². The summed E-state index contributed by atoms with van der Waals surface area (Å²) in [6, 6.07) is 7.51. The van der Waals surface area contributed by atoms with E-state index in [1.54, 1.807) is 0 Å². The first kappa shape index (κ1) is 7.50. The van der Waals surface area contributed by atoms with E-state index in [1.807, 2.05) is 24.3 Å². The van der Waals surface area contributed by atoms with Crippen molar-refractivity contribution >= 4 is 28.2 Å². The maximum atomic E-state index is 11.1. The molecular weight excluding hydrogens is 174 g/mol. The molecule has 0 aromatic heterocycles. The van der Waals surface area contributed by atoms with Gasteiger partial charge in [0.05, 0.1) is 5.69 Å². The Morgan fingerprint density at radius 3 is 2.92 bits per heavy atom. The van der Waals surface area contributed by atoms with Gasteiger partial charge >= 0.3 is 0 Å². The standard InChI is InChI=1S/C9H6ClNO/c10-9-8(12)5-6-3-1-2-4-7(6)11-9/h1-4H,5H2. The van der Waals surface area contributed by atoms with E-state index < -0.39 is 0 Å². The highest BCUT2D eigenvalue weighted by Gasteiger charge is 2.17. The minimum absolute atomic E-state index is 0.0914. The van der Waals surface area contributed by atoms with Gasteiger partial charge in [-0.15, -0.1) is 0 Å². The summed E-state index contributed by atoms with van der Waals surface area (Å²) in [5, 5.41) is 0.0914. The summed E-state index contributed by atoms with van der Waals surface area (Å²) in [6.07, 6.45) is 0.374. The Bertz CT molecular complexity index is 371.